The van der Waals surface area contributed by atoms with Gasteiger partial charge in [-0.3, -0.25) is 0 Å². The van der Waals surface area contributed by atoms with Crippen LogP contribution in [0.25, 0.3) is 0 Å². The molecule has 0 bridgehead atoms. The fraction of sp³-hybridized carbons (Fsp3) is 0.154. The molecule has 1 aliphatic heterocycles. The van der Waals surface area contributed by atoms with E-state index in [4.69, 9.17) is 32.7 Å². The highest BCUT2D eigenvalue weighted by molar-refractivity contribution is 6.35. The molecule has 0 fully saturated rings. The van der Waals surface area contributed by atoms with Crippen LogP contribution >= 0.6 is 23.2 Å². The van der Waals surface area contributed by atoms with Gasteiger partial charge in [-0.2, -0.15) is 0 Å². The van der Waals surface area contributed by atoms with E-state index in [0.717, 1.165) is 11.1 Å². The monoisotopic (exact) mass is 496 g/mol. The molecule has 0 aliphatic carbocycles. The summed E-state index contributed by atoms with van der Waals surface area (Å²) < 4.78 is 11.4. The molecule has 2 amide bonds. The minimum atomic E-state index is -0.695. The summed E-state index contributed by atoms with van der Waals surface area (Å²) in [5.41, 5.74) is 3.10. The van der Waals surface area contributed by atoms with E-state index in [0.29, 0.717) is 32.6 Å². The second kappa shape index (κ2) is 10.6. The van der Waals surface area contributed by atoms with Crippen molar-refractivity contribution in [3.05, 3.63) is 111 Å². The molecule has 0 radical (unpaired) electrons. The second-order valence-electron chi connectivity index (χ2n) is 7.73. The Morgan fingerprint density at radius 3 is 2.53 bits per heavy atom. The van der Waals surface area contributed by atoms with Crippen molar-refractivity contribution in [1.82, 2.24) is 10.6 Å². The molecule has 174 valence electrons. The molecule has 4 rings (SSSR count). The molecule has 8 heteroatoms. The van der Waals surface area contributed by atoms with Gasteiger partial charge in [0.25, 0.3) is 0 Å². The number of carbonyl (C=O) groups is 2. The van der Waals surface area contributed by atoms with E-state index < -0.39 is 18.0 Å². The van der Waals surface area contributed by atoms with E-state index in [9.17, 15) is 9.59 Å². The smallest absolute Gasteiger partial charge is 0.338 e. The predicted octanol–water partition coefficient (Wildman–Crippen LogP) is 5.94. The van der Waals surface area contributed by atoms with Crippen LogP contribution in [-0.4, -0.2) is 12.0 Å². The first-order valence-electron chi connectivity index (χ1n) is 10.6. The summed E-state index contributed by atoms with van der Waals surface area (Å²) in [6.07, 6.45) is 0. The average Bonchev–Trinajstić information content (AvgIpc) is 2.82. The molecule has 3 aromatic carbocycles. The van der Waals surface area contributed by atoms with E-state index in [-0.39, 0.29) is 13.2 Å². The zero-order valence-corrected chi connectivity index (χ0v) is 19.8. The lowest BCUT2D eigenvalue weighted by atomic mass is 9.95. The van der Waals surface area contributed by atoms with Crippen molar-refractivity contribution in [3.63, 3.8) is 0 Å². The molecule has 1 unspecified atom stereocenters. The number of nitrogens with one attached hydrogen (secondary N) is 2. The van der Waals surface area contributed by atoms with Crippen molar-refractivity contribution < 1.29 is 19.1 Å². The highest BCUT2D eigenvalue weighted by Crippen LogP contribution is 2.30. The molecule has 0 spiro atoms. The number of ether oxygens (including phenoxy) is 2. The SMILES string of the molecule is CC1=C(C(=O)OCc2ccccc2)C(c2cccc(OCc3ccc(Cl)cc3Cl)c2)NC(=O)N1. The highest BCUT2D eigenvalue weighted by Gasteiger charge is 2.32. The molecule has 0 aromatic heterocycles. The number of hydrogen-bond donors (Lipinski definition) is 2. The van der Waals surface area contributed by atoms with Gasteiger partial charge in [-0.05, 0) is 42.3 Å². The molecule has 1 aliphatic rings. The van der Waals surface area contributed by atoms with Gasteiger partial charge in [0, 0.05) is 21.3 Å². The third-order valence-corrected chi connectivity index (χ3v) is 5.89. The Kier molecular flexibility index (Phi) is 7.40. The number of benzene rings is 3. The largest absolute Gasteiger partial charge is 0.489 e. The summed E-state index contributed by atoms with van der Waals surface area (Å²) in [5, 5.41) is 6.52. The van der Waals surface area contributed by atoms with Crippen LogP contribution in [0, 0.1) is 0 Å². The summed E-state index contributed by atoms with van der Waals surface area (Å²) in [7, 11) is 0. The fourth-order valence-corrected chi connectivity index (χ4v) is 4.06. The number of carbonyl (C=O) groups excluding carboxylic acids is 2. The zero-order valence-electron chi connectivity index (χ0n) is 18.3. The maximum absolute atomic E-state index is 13.0. The molecular formula is C26H22Cl2N2O4. The van der Waals surface area contributed by atoms with Crippen molar-refractivity contribution in [1.29, 1.82) is 0 Å². The molecule has 1 atom stereocenters. The number of rotatable bonds is 7. The Hall–Kier alpha value is -3.48. The van der Waals surface area contributed by atoms with Gasteiger partial charge in [-0.25, -0.2) is 9.59 Å². The lowest BCUT2D eigenvalue weighted by molar-refractivity contribution is -0.140. The van der Waals surface area contributed by atoms with Gasteiger partial charge in [-0.1, -0.05) is 71.7 Å². The highest BCUT2D eigenvalue weighted by atomic mass is 35.5. The number of amides is 2. The summed E-state index contributed by atoms with van der Waals surface area (Å²) in [6.45, 7) is 2.04. The lowest BCUT2D eigenvalue weighted by Gasteiger charge is -2.28. The third kappa shape index (κ3) is 5.71. The fourth-order valence-electron chi connectivity index (χ4n) is 3.60. The van der Waals surface area contributed by atoms with Crippen molar-refractivity contribution in [2.45, 2.75) is 26.2 Å². The van der Waals surface area contributed by atoms with Crippen LogP contribution in [0.5, 0.6) is 5.75 Å². The first-order valence-corrected chi connectivity index (χ1v) is 11.3. The van der Waals surface area contributed by atoms with Gasteiger partial charge in [0.2, 0.25) is 0 Å². The Labute approximate surface area is 207 Å². The molecule has 0 saturated heterocycles. The maximum Gasteiger partial charge on any atom is 0.338 e. The maximum atomic E-state index is 13.0. The Morgan fingerprint density at radius 2 is 1.76 bits per heavy atom. The van der Waals surface area contributed by atoms with Crippen LogP contribution in [0.2, 0.25) is 10.0 Å². The molecule has 3 aromatic rings. The summed E-state index contributed by atoms with van der Waals surface area (Å²) >= 11 is 12.2. The quantitative estimate of drug-likeness (QED) is 0.396. The summed E-state index contributed by atoms with van der Waals surface area (Å²) in [4.78, 5) is 25.2. The van der Waals surface area contributed by atoms with E-state index in [1.807, 2.05) is 36.4 Å². The Morgan fingerprint density at radius 1 is 0.971 bits per heavy atom. The van der Waals surface area contributed by atoms with Crippen LogP contribution in [0.3, 0.4) is 0 Å². The second-order valence-corrected chi connectivity index (χ2v) is 8.57. The van der Waals surface area contributed by atoms with E-state index >= 15 is 0 Å². The minimum absolute atomic E-state index is 0.127. The van der Waals surface area contributed by atoms with Gasteiger partial charge < -0.3 is 20.1 Å². The molecule has 1 heterocycles. The summed E-state index contributed by atoms with van der Waals surface area (Å²) in [5.74, 6) is 0.0454. The lowest BCUT2D eigenvalue weighted by Crippen LogP contribution is -2.45. The first kappa shape index (κ1) is 23.7. The number of urea groups is 1. The molecule has 2 N–H and O–H groups in total. The van der Waals surface area contributed by atoms with Gasteiger partial charge in [0.1, 0.15) is 19.0 Å². The van der Waals surface area contributed by atoms with E-state index in [1.54, 1.807) is 43.3 Å². The molecular weight excluding hydrogens is 475 g/mol. The van der Waals surface area contributed by atoms with Gasteiger partial charge in [-0.15, -0.1) is 0 Å². The number of hydrogen-bond acceptors (Lipinski definition) is 4. The van der Waals surface area contributed by atoms with E-state index in [1.165, 1.54) is 0 Å². The third-order valence-electron chi connectivity index (χ3n) is 5.30. The van der Waals surface area contributed by atoms with Crippen LogP contribution < -0.4 is 15.4 Å². The predicted molar refractivity (Wildman–Crippen MR) is 131 cm³/mol. The van der Waals surface area contributed by atoms with Crippen LogP contribution in [0.4, 0.5) is 4.79 Å². The number of esters is 1. The Balaban J connectivity index is 1.53. The van der Waals surface area contributed by atoms with Gasteiger partial charge in [0.05, 0.1) is 11.6 Å². The van der Waals surface area contributed by atoms with E-state index in [2.05, 4.69) is 10.6 Å². The molecule has 0 saturated carbocycles. The standard InChI is InChI=1S/C26H22Cl2N2O4/c1-16-23(25(31)34-14-17-6-3-2-4-7-17)24(30-26(32)29-16)18-8-5-9-21(12-18)33-15-19-10-11-20(27)13-22(19)28/h2-13,24H,14-15H2,1H3,(H2,29,30,32). The zero-order chi connectivity index (χ0) is 24.1. The number of halogens is 2. The average molecular weight is 497 g/mol. The van der Waals surface area contributed by atoms with Crippen molar-refractivity contribution in [2.24, 2.45) is 0 Å². The van der Waals surface area contributed by atoms with Gasteiger partial charge in [0.15, 0.2) is 0 Å². The normalized spacial score (nSPS) is 15.4. The van der Waals surface area contributed by atoms with Crippen LogP contribution in [0.1, 0.15) is 29.7 Å². The number of allylic oxidation sites excluding steroid dienone is 1. The van der Waals surface area contributed by atoms with Crippen LogP contribution in [-0.2, 0) is 22.7 Å². The molecule has 34 heavy (non-hydrogen) atoms. The first-order chi connectivity index (χ1) is 16.4. The van der Waals surface area contributed by atoms with Crippen molar-refractivity contribution in [2.75, 3.05) is 0 Å². The summed E-state index contributed by atoms with van der Waals surface area (Å²) in [6, 6.07) is 20.7. The topological polar surface area (TPSA) is 76.7 Å². The van der Waals surface area contributed by atoms with Crippen LogP contribution in [0.15, 0.2) is 84.1 Å². The minimum Gasteiger partial charge on any atom is -0.489 e. The van der Waals surface area contributed by atoms with Crippen molar-refractivity contribution in [3.8, 4) is 5.75 Å². The Bertz CT molecular complexity index is 1240. The van der Waals surface area contributed by atoms with Crippen molar-refractivity contribution >= 4 is 35.2 Å². The van der Waals surface area contributed by atoms with Gasteiger partial charge >= 0.3 is 12.0 Å². The molecule has 6 nitrogen and oxygen atoms in total.